The summed E-state index contributed by atoms with van der Waals surface area (Å²) in [5, 5.41) is 2.97. The molecule has 0 atom stereocenters. The minimum atomic E-state index is -0.213. The Balaban J connectivity index is 1.09. The first-order valence-electron chi connectivity index (χ1n) is 15.6. The van der Waals surface area contributed by atoms with Gasteiger partial charge in [-0.3, -0.25) is 14.5 Å². The monoisotopic (exact) mass is 604 g/mol. The number of anilines is 3. The number of ether oxygens (including phenoxy) is 2. The highest BCUT2D eigenvalue weighted by Crippen LogP contribution is 2.33. The smallest absolute Gasteiger partial charge is 0.258 e. The normalized spacial score (nSPS) is 14.8. The second kappa shape index (κ2) is 13.4. The van der Waals surface area contributed by atoms with Crippen molar-refractivity contribution < 1.29 is 19.1 Å². The van der Waals surface area contributed by atoms with Gasteiger partial charge in [-0.15, -0.1) is 0 Å². The van der Waals surface area contributed by atoms with Crippen LogP contribution in [0.5, 0.6) is 11.5 Å². The molecule has 1 N–H and O–H groups in total. The van der Waals surface area contributed by atoms with Crippen molar-refractivity contribution in [1.29, 1.82) is 0 Å². The lowest BCUT2D eigenvalue weighted by Crippen LogP contribution is -2.46. The van der Waals surface area contributed by atoms with Crippen molar-refractivity contribution in [3.05, 3.63) is 113 Å². The Hall–Kier alpha value is -4.82. The van der Waals surface area contributed by atoms with Gasteiger partial charge in [0.25, 0.3) is 11.8 Å². The summed E-state index contributed by atoms with van der Waals surface area (Å²) < 4.78 is 11.2. The average molecular weight is 605 g/mol. The SMILES string of the molecule is COc1ccc(C(=O)Nc2ccc3c(c2)N(C(=O)c2cccc(CN4CCN(c5ccccc5OC(C)C)CC4)c2)CC3)cc1. The Bertz CT molecular complexity index is 1660. The van der Waals surface area contributed by atoms with Crippen molar-refractivity contribution in [3.63, 3.8) is 0 Å². The third kappa shape index (κ3) is 6.97. The summed E-state index contributed by atoms with van der Waals surface area (Å²) in [6.07, 6.45) is 0.910. The molecule has 2 heterocycles. The highest BCUT2D eigenvalue weighted by Gasteiger charge is 2.27. The van der Waals surface area contributed by atoms with E-state index >= 15 is 0 Å². The van der Waals surface area contributed by atoms with Crippen LogP contribution in [0.2, 0.25) is 0 Å². The van der Waals surface area contributed by atoms with Gasteiger partial charge < -0.3 is 24.6 Å². The molecule has 0 aromatic heterocycles. The number of carbonyl (C=O) groups is 2. The zero-order valence-corrected chi connectivity index (χ0v) is 26.2. The first-order chi connectivity index (χ1) is 21.9. The highest BCUT2D eigenvalue weighted by atomic mass is 16.5. The summed E-state index contributed by atoms with van der Waals surface area (Å²) >= 11 is 0. The lowest BCUT2D eigenvalue weighted by molar-refractivity contribution is 0.0987. The lowest BCUT2D eigenvalue weighted by Gasteiger charge is -2.37. The number of piperazine rings is 1. The topological polar surface area (TPSA) is 74.4 Å². The zero-order valence-electron chi connectivity index (χ0n) is 26.2. The Morgan fingerprint density at radius 2 is 1.58 bits per heavy atom. The van der Waals surface area contributed by atoms with Gasteiger partial charge in [0, 0.05) is 61.8 Å². The van der Waals surface area contributed by atoms with Crippen molar-refractivity contribution in [2.45, 2.75) is 32.9 Å². The Labute approximate surface area is 265 Å². The van der Waals surface area contributed by atoms with Gasteiger partial charge >= 0.3 is 0 Å². The van der Waals surface area contributed by atoms with Gasteiger partial charge in [0.2, 0.25) is 0 Å². The van der Waals surface area contributed by atoms with Crippen LogP contribution in [0.15, 0.2) is 91.0 Å². The number of fused-ring (bicyclic) bond motifs is 1. The molecule has 0 spiro atoms. The molecule has 6 rings (SSSR count). The molecule has 2 aliphatic rings. The molecule has 232 valence electrons. The molecule has 2 amide bonds. The first-order valence-corrected chi connectivity index (χ1v) is 15.6. The van der Waals surface area contributed by atoms with E-state index in [1.807, 2.05) is 53.4 Å². The minimum Gasteiger partial charge on any atom is -0.497 e. The number of para-hydroxylation sites is 2. The lowest BCUT2D eigenvalue weighted by atomic mass is 10.1. The third-order valence-electron chi connectivity index (χ3n) is 8.36. The van der Waals surface area contributed by atoms with Crippen molar-refractivity contribution in [1.82, 2.24) is 4.90 Å². The van der Waals surface area contributed by atoms with E-state index < -0.39 is 0 Å². The number of hydrogen-bond donors (Lipinski definition) is 1. The fraction of sp³-hybridized carbons (Fsp3) is 0.297. The Kier molecular flexibility index (Phi) is 9.03. The van der Waals surface area contributed by atoms with Crippen LogP contribution in [0.1, 0.15) is 45.7 Å². The molecule has 0 unspecified atom stereocenters. The van der Waals surface area contributed by atoms with Gasteiger partial charge in [-0.1, -0.05) is 30.3 Å². The Morgan fingerprint density at radius 1 is 0.800 bits per heavy atom. The van der Waals surface area contributed by atoms with Crippen LogP contribution in [0.3, 0.4) is 0 Å². The fourth-order valence-corrected chi connectivity index (χ4v) is 6.05. The average Bonchev–Trinajstić information content (AvgIpc) is 3.48. The van der Waals surface area contributed by atoms with Crippen LogP contribution < -0.4 is 24.6 Å². The maximum atomic E-state index is 13.8. The standard InChI is InChI=1S/C37H40N4O4/c1-26(2)45-35-10-5-4-9-33(35)40-21-19-39(20-22-40)25-27-7-6-8-30(23-27)37(43)41-18-17-28-11-14-31(24-34(28)41)38-36(42)29-12-15-32(44-3)16-13-29/h4-16,23-24,26H,17-22,25H2,1-3H3,(H,38,42). The second-order valence-electron chi connectivity index (χ2n) is 11.8. The van der Waals surface area contributed by atoms with E-state index in [2.05, 4.69) is 47.2 Å². The number of carbonyl (C=O) groups excluding carboxylic acids is 2. The van der Waals surface area contributed by atoms with E-state index in [-0.39, 0.29) is 17.9 Å². The predicted molar refractivity (Wildman–Crippen MR) is 179 cm³/mol. The number of nitrogens with one attached hydrogen (secondary N) is 1. The van der Waals surface area contributed by atoms with Crippen LogP contribution in [0.4, 0.5) is 17.1 Å². The van der Waals surface area contributed by atoms with E-state index in [1.165, 1.54) is 0 Å². The number of rotatable bonds is 9. The quantitative estimate of drug-likeness (QED) is 0.243. The van der Waals surface area contributed by atoms with Crippen molar-refractivity contribution >= 4 is 28.9 Å². The molecular weight excluding hydrogens is 564 g/mol. The molecule has 0 aliphatic carbocycles. The van der Waals surface area contributed by atoms with Crippen LogP contribution >= 0.6 is 0 Å². The van der Waals surface area contributed by atoms with Crippen molar-refractivity contribution in [2.24, 2.45) is 0 Å². The van der Waals surface area contributed by atoms with E-state index in [0.717, 1.165) is 67.4 Å². The third-order valence-corrected chi connectivity index (χ3v) is 8.36. The summed E-state index contributed by atoms with van der Waals surface area (Å²) in [5.41, 5.74) is 6.07. The number of benzene rings is 4. The molecular formula is C37H40N4O4. The molecule has 0 bridgehead atoms. The summed E-state index contributed by atoms with van der Waals surface area (Å²) in [6, 6.07) is 29.0. The second-order valence-corrected chi connectivity index (χ2v) is 11.8. The van der Waals surface area contributed by atoms with Gasteiger partial charge in [0.15, 0.2) is 0 Å². The molecule has 4 aromatic rings. The molecule has 8 nitrogen and oxygen atoms in total. The maximum absolute atomic E-state index is 13.8. The van der Waals surface area contributed by atoms with Crippen molar-refractivity contribution in [2.75, 3.05) is 55.0 Å². The van der Waals surface area contributed by atoms with Crippen LogP contribution in [-0.4, -0.2) is 62.7 Å². The maximum Gasteiger partial charge on any atom is 0.258 e. The first kappa shape index (κ1) is 30.2. The summed E-state index contributed by atoms with van der Waals surface area (Å²) in [6.45, 7) is 9.20. The summed E-state index contributed by atoms with van der Waals surface area (Å²) in [7, 11) is 1.59. The Morgan fingerprint density at radius 3 is 2.33 bits per heavy atom. The molecule has 1 fully saturated rings. The number of amides is 2. The fourth-order valence-electron chi connectivity index (χ4n) is 6.05. The van der Waals surface area contributed by atoms with Crippen LogP contribution in [-0.2, 0) is 13.0 Å². The zero-order chi connectivity index (χ0) is 31.3. The predicted octanol–water partition coefficient (Wildman–Crippen LogP) is 6.26. The van der Waals surface area contributed by atoms with E-state index in [0.29, 0.717) is 29.1 Å². The number of nitrogens with zero attached hydrogens (tertiary/aromatic N) is 3. The van der Waals surface area contributed by atoms with E-state index in [9.17, 15) is 9.59 Å². The van der Waals surface area contributed by atoms with E-state index in [1.54, 1.807) is 31.4 Å². The van der Waals surface area contributed by atoms with Gasteiger partial charge in [-0.05, 0) is 92.1 Å². The van der Waals surface area contributed by atoms with Gasteiger partial charge in [-0.25, -0.2) is 0 Å². The summed E-state index contributed by atoms with van der Waals surface area (Å²) in [5.74, 6) is 1.39. The van der Waals surface area contributed by atoms with Crippen LogP contribution in [0.25, 0.3) is 0 Å². The van der Waals surface area contributed by atoms with Gasteiger partial charge in [0.05, 0.1) is 18.9 Å². The minimum absolute atomic E-state index is 0.0270. The molecule has 4 aromatic carbocycles. The largest absolute Gasteiger partial charge is 0.497 e. The number of methoxy groups -OCH3 is 1. The molecule has 0 radical (unpaired) electrons. The molecule has 1 saturated heterocycles. The molecule has 2 aliphatic heterocycles. The summed E-state index contributed by atoms with van der Waals surface area (Å²) in [4.78, 5) is 33.3. The molecule has 0 saturated carbocycles. The number of hydrogen-bond acceptors (Lipinski definition) is 6. The highest BCUT2D eigenvalue weighted by molar-refractivity contribution is 6.08. The van der Waals surface area contributed by atoms with Crippen LogP contribution in [0, 0.1) is 0 Å². The van der Waals surface area contributed by atoms with E-state index in [4.69, 9.17) is 9.47 Å². The molecule has 8 heteroatoms. The van der Waals surface area contributed by atoms with Gasteiger partial charge in [-0.2, -0.15) is 0 Å². The van der Waals surface area contributed by atoms with Crippen molar-refractivity contribution in [3.8, 4) is 11.5 Å². The van der Waals surface area contributed by atoms with Gasteiger partial charge in [0.1, 0.15) is 11.5 Å². The molecule has 45 heavy (non-hydrogen) atoms.